The quantitative estimate of drug-likeness (QED) is 0.738. The van der Waals surface area contributed by atoms with E-state index in [0.717, 1.165) is 27.9 Å². The second-order valence-corrected chi connectivity index (χ2v) is 4.89. The molecule has 0 fully saturated rings. The Bertz CT molecular complexity index is 741. The predicted molar refractivity (Wildman–Crippen MR) is 81.9 cm³/mol. The third-order valence-corrected chi connectivity index (χ3v) is 3.35. The summed E-state index contributed by atoms with van der Waals surface area (Å²) in [5, 5.41) is 1.64. The van der Waals surface area contributed by atoms with E-state index in [-0.39, 0.29) is 0 Å². The zero-order chi connectivity index (χ0) is 13.9. The fourth-order valence-electron chi connectivity index (χ4n) is 2.06. The number of nitrogen functional groups attached to an aromatic ring is 1. The highest BCUT2D eigenvalue weighted by Crippen LogP contribution is 2.24. The highest BCUT2D eigenvalue weighted by atomic mass is 35.5. The number of anilines is 1. The molecule has 3 nitrogen and oxygen atoms in total. The van der Waals surface area contributed by atoms with Crippen molar-refractivity contribution in [3.63, 3.8) is 0 Å². The summed E-state index contributed by atoms with van der Waals surface area (Å²) in [5.74, 6) is 0.773. The molecule has 0 radical (unpaired) electrons. The van der Waals surface area contributed by atoms with Crippen LogP contribution in [0.2, 0.25) is 5.02 Å². The minimum Gasteiger partial charge on any atom is -0.489 e. The highest BCUT2D eigenvalue weighted by molar-refractivity contribution is 6.30. The van der Waals surface area contributed by atoms with Gasteiger partial charge in [0.05, 0.1) is 5.52 Å². The molecule has 0 bridgehead atoms. The lowest BCUT2D eigenvalue weighted by Crippen LogP contribution is -1.99. The summed E-state index contributed by atoms with van der Waals surface area (Å²) < 4.78 is 5.76. The molecule has 100 valence electrons. The van der Waals surface area contributed by atoms with Gasteiger partial charge < -0.3 is 10.5 Å². The van der Waals surface area contributed by atoms with Crippen LogP contribution in [0.1, 0.15) is 5.56 Å². The Morgan fingerprint density at radius 1 is 1.05 bits per heavy atom. The van der Waals surface area contributed by atoms with Crippen molar-refractivity contribution in [2.75, 3.05) is 5.73 Å². The second-order valence-electron chi connectivity index (χ2n) is 4.46. The first-order valence-corrected chi connectivity index (χ1v) is 6.62. The van der Waals surface area contributed by atoms with Crippen LogP contribution in [0.4, 0.5) is 5.69 Å². The van der Waals surface area contributed by atoms with Gasteiger partial charge in [0, 0.05) is 27.9 Å². The second kappa shape index (κ2) is 5.39. The van der Waals surface area contributed by atoms with E-state index in [1.54, 1.807) is 18.3 Å². The summed E-state index contributed by atoms with van der Waals surface area (Å²) in [4.78, 5) is 4.39. The van der Waals surface area contributed by atoms with Gasteiger partial charge in [0.2, 0.25) is 0 Å². The molecule has 1 aromatic heterocycles. The van der Waals surface area contributed by atoms with Crippen LogP contribution in [0.25, 0.3) is 10.9 Å². The van der Waals surface area contributed by atoms with E-state index in [2.05, 4.69) is 4.98 Å². The molecular weight excluding hydrogens is 272 g/mol. The molecule has 2 aromatic carbocycles. The molecule has 20 heavy (non-hydrogen) atoms. The van der Waals surface area contributed by atoms with Crippen LogP contribution in [-0.2, 0) is 6.61 Å². The van der Waals surface area contributed by atoms with Gasteiger partial charge in [-0.2, -0.15) is 0 Å². The maximum absolute atomic E-state index is 5.95. The topological polar surface area (TPSA) is 48.1 Å². The van der Waals surface area contributed by atoms with Crippen molar-refractivity contribution in [1.82, 2.24) is 4.98 Å². The number of ether oxygens (including phenoxy) is 1. The summed E-state index contributed by atoms with van der Waals surface area (Å²) >= 11 is 5.84. The molecule has 0 amide bonds. The van der Waals surface area contributed by atoms with Gasteiger partial charge in [0.25, 0.3) is 0 Å². The summed E-state index contributed by atoms with van der Waals surface area (Å²) in [5.41, 5.74) is 8.56. The van der Waals surface area contributed by atoms with E-state index in [1.807, 2.05) is 36.4 Å². The third kappa shape index (κ3) is 2.53. The molecule has 0 saturated heterocycles. The number of aromatic nitrogens is 1. The Hall–Kier alpha value is -2.26. The van der Waals surface area contributed by atoms with Crippen LogP contribution in [0, 0.1) is 0 Å². The average molecular weight is 285 g/mol. The lowest BCUT2D eigenvalue weighted by molar-refractivity contribution is 0.307. The summed E-state index contributed by atoms with van der Waals surface area (Å²) in [7, 11) is 0. The van der Waals surface area contributed by atoms with Gasteiger partial charge >= 0.3 is 0 Å². The fourth-order valence-corrected chi connectivity index (χ4v) is 2.19. The summed E-state index contributed by atoms with van der Waals surface area (Å²) in [6, 6.07) is 15.0. The Kier molecular flexibility index (Phi) is 3.44. The highest BCUT2D eigenvalue weighted by Gasteiger charge is 2.05. The normalized spacial score (nSPS) is 10.7. The average Bonchev–Trinajstić information content (AvgIpc) is 2.49. The number of pyridine rings is 1. The van der Waals surface area contributed by atoms with Crippen LogP contribution in [0.5, 0.6) is 5.75 Å². The standard InChI is InChI=1S/C16H13ClN2O/c17-12-4-6-13(7-5-12)20-10-11-3-8-15(18)14-2-1-9-19-16(11)14/h1-9H,10,18H2. The van der Waals surface area contributed by atoms with E-state index in [0.29, 0.717) is 11.6 Å². The number of halogens is 1. The van der Waals surface area contributed by atoms with Crippen molar-refractivity contribution in [3.05, 3.63) is 65.3 Å². The third-order valence-electron chi connectivity index (χ3n) is 3.09. The molecule has 0 unspecified atom stereocenters. The number of hydrogen-bond donors (Lipinski definition) is 1. The first-order valence-electron chi connectivity index (χ1n) is 6.24. The SMILES string of the molecule is Nc1ccc(COc2ccc(Cl)cc2)c2ncccc12. The molecule has 0 spiro atoms. The van der Waals surface area contributed by atoms with Crippen molar-refractivity contribution in [2.45, 2.75) is 6.61 Å². The zero-order valence-corrected chi connectivity index (χ0v) is 11.5. The van der Waals surface area contributed by atoms with E-state index >= 15 is 0 Å². The monoisotopic (exact) mass is 284 g/mol. The molecule has 0 saturated carbocycles. The number of hydrogen-bond acceptors (Lipinski definition) is 3. The molecule has 1 heterocycles. The minimum absolute atomic E-state index is 0.440. The Balaban J connectivity index is 1.88. The van der Waals surface area contributed by atoms with Gasteiger partial charge in [-0.15, -0.1) is 0 Å². The first-order chi connectivity index (χ1) is 9.74. The van der Waals surface area contributed by atoms with Gasteiger partial charge in [-0.05, 0) is 42.5 Å². The number of nitrogens with two attached hydrogens (primary N) is 1. The van der Waals surface area contributed by atoms with Crippen molar-refractivity contribution in [2.24, 2.45) is 0 Å². The molecular formula is C16H13ClN2O. The van der Waals surface area contributed by atoms with Gasteiger partial charge in [0.1, 0.15) is 12.4 Å². The van der Waals surface area contributed by atoms with Crippen LogP contribution >= 0.6 is 11.6 Å². The number of fused-ring (bicyclic) bond motifs is 1. The van der Waals surface area contributed by atoms with Crippen LogP contribution in [0.15, 0.2) is 54.7 Å². The number of benzene rings is 2. The fraction of sp³-hybridized carbons (Fsp3) is 0.0625. The van der Waals surface area contributed by atoms with Crippen molar-refractivity contribution < 1.29 is 4.74 Å². The molecule has 4 heteroatoms. The van der Waals surface area contributed by atoms with Gasteiger partial charge in [-0.3, -0.25) is 4.98 Å². The van der Waals surface area contributed by atoms with Crippen LogP contribution in [0.3, 0.4) is 0 Å². The number of nitrogens with zero attached hydrogens (tertiary/aromatic N) is 1. The summed E-state index contributed by atoms with van der Waals surface area (Å²) in [6.07, 6.45) is 1.76. The zero-order valence-electron chi connectivity index (χ0n) is 10.7. The molecule has 3 aromatic rings. The number of rotatable bonds is 3. The van der Waals surface area contributed by atoms with Crippen LogP contribution in [-0.4, -0.2) is 4.98 Å². The molecule has 0 aliphatic rings. The molecule has 0 atom stereocenters. The Morgan fingerprint density at radius 3 is 2.65 bits per heavy atom. The molecule has 0 aliphatic carbocycles. The van der Waals surface area contributed by atoms with Crippen molar-refractivity contribution in [1.29, 1.82) is 0 Å². The first kappa shape index (κ1) is 12.8. The van der Waals surface area contributed by atoms with E-state index < -0.39 is 0 Å². The Labute approximate surface area is 122 Å². The molecule has 0 aliphatic heterocycles. The van der Waals surface area contributed by atoms with Gasteiger partial charge in [0.15, 0.2) is 0 Å². The van der Waals surface area contributed by atoms with Crippen molar-refractivity contribution >= 4 is 28.2 Å². The summed E-state index contributed by atoms with van der Waals surface area (Å²) in [6.45, 7) is 0.440. The van der Waals surface area contributed by atoms with Gasteiger partial charge in [-0.1, -0.05) is 17.7 Å². The predicted octanol–water partition coefficient (Wildman–Crippen LogP) is 4.05. The largest absolute Gasteiger partial charge is 0.489 e. The van der Waals surface area contributed by atoms with Crippen molar-refractivity contribution in [3.8, 4) is 5.75 Å². The van der Waals surface area contributed by atoms with E-state index in [1.165, 1.54) is 0 Å². The molecule has 2 N–H and O–H groups in total. The maximum Gasteiger partial charge on any atom is 0.119 e. The lowest BCUT2D eigenvalue weighted by Gasteiger charge is -2.09. The van der Waals surface area contributed by atoms with Gasteiger partial charge in [-0.25, -0.2) is 0 Å². The van der Waals surface area contributed by atoms with Crippen LogP contribution < -0.4 is 10.5 Å². The maximum atomic E-state index is 5.95. The smallest absolute Gasteiger partial charge is 0.119 e. The van der Waals surface area contributed by atoms with E-state index in [9.17, 15) is 0 Å². The minimum atomic E-state index is 0.440. The lowest BCUT2D eigenvalue weighted by atomic mass is 10.1. The Morgan fingerprint density at radius 2 is 1.85 bits per heavy atom. The van der Waals surface area contributed by atoms with E-state index in [4.69, 9.17) is 22.1 Å². The molecule has 3 rings (SSSR count).